The van der Waals surface area contributed by atoms with Gasteiger partial charge in [-0.3, -0.25) is 5.32 Å². The van der Waals surface area contributed by atoms with Crippen molar-refractivity contribution in [2.24, 2.45) is 0 Å². The van der Waals surface area contributed by atoms with E-state index < -0.39 is 6.03 Å². The Morgan fingerprint density at radius 2 is 1.90 bits per heavy atom. The fraction of sp³-hybridized carbons (Fsp3) is 0.286. The highest BCUT2D eigenvalue weighted by Crippen LogP contribution is 2.26. The Labute approximate surface area is 132 Å². The van der Waals surface area contributed by atoms with E-state index in [1.807, 2.05) is 20.8 Å². The Bertz CT molecular complexity index is 662. The molecule has 0 aliphatic rings. The van der Waals surface area contributed by atoms with E-state index >= 15 is 0 Å². The van der Waals surface area contributed by atoms with Gasteiger partial charge in [-0.1, -0.05) is 49.1 Å². The molecule has 112 valence electrons. The molecule has 2 N–H and O–H groups in total. The van der Waals surface area contributed by atoms with Gasteiger partial charge in [0.05, 0.1) is 10.7 Å². The molecule has 21 heavy (non-hydrogen) atoms. The fourth-order valence-corrected chi connectivity index (χ4v) is 1.89. The zero-order valence-electron chi connectivity index (χ0n) is 11.8. The first-order valence-electron chi connectivity index (χ1n) is 6.26. The number of halogens is 2. The molecule has 0 aliphatic heterocycles. The summed E-state index contributed by atoms with van der Waals surface area (Å²) >= 11 is 11.8. The van der Waals surface area contributed by atoms with Crippen molar-refractivity contribution in [3.63, 3.8) is 0 Å². The Kier molecular flexibility index (Phi) is 4.44. The molecule has 0 radical (unpaired) electrons. The number of hydrogen-bond donors (Lipinski definition) is 2. The van der Waals surface area contributed by atoms with E-state index in [0.29, 0.717) is 27.3 Å². The van der Waals surface area contributed by atoms with Crippen molar-refractivity contribution in [3.05, 3.63) is 40.1 Å². The monoisotopic (exact) mass is 327 g/mol. The Balaban J connectivity index is 2.05. The third-order valence-corrected chi connectivity index (χ3v) is 3.23. The zero-order valence-corrected chi connectivity index (χ0v) is 13.3. The summed E-state index contributed by atoms with van der Waals surface area (Å²) in [7, 11) is 0. The number of benzene rings is 1. The molecule has 0 saturated carbocycles. The first-order valence-corrected chi connectivity index (χ1v) is 7.01. The Hall–Kier alpha value is -1.72. The van der Waals surface area contributed by atoms with Crippen molar-refractivity contribution in [2.45, 2.75) is 26.2 Å². The summed E-state index contributed by atoms with van der Waals surface area (Å²) in [6.45, 7) is 5.97. The summed E-state index contributed by atoms with van der Waals surface area (Å²) in [5, 5.41) is 9.84. The standard InChI is InChI=1S/C14H15Cl2N3O2/c1-14(2,3)11-7-12(19-21-11)18-13(20)17-10-6-8(15)4-5-9(10)16/h4-7H,1-3H3,(H2,17,18,19,20). The first kappa shape index (κ1) is 15.7. The lowest BCUT2D eigenvalue weighted by molar-refractivity contribution is 0.262. The molecule has 5 nitrogen and oxygen atoms in total. The van der Waals surface area contributed by atoms with Crippen molar-refractivity contribution in [1.82, 2.24) is 5.16 Å². The number of carbonyl (C=O) groups excluding carboxylic acids is 1. The molecule has 0 saturated heterocycles. The summed E-state index contributed by atoms with van der Waals surface area (Å²) in [5.41, 5.74) is 0.237. The molecule has 1 aromatic heterocycles. The third-order valence-electron chi connectivity index (χ3n) is 2.67. The number of rotatable bonds is 2. The average Bonchev–Trinajstić information content (AvgIpc) is 2.82. The lowest BCUT2D eigenvalue weighted by Gasteiger charge is -2.12. The van der Waals surface area contributed by atoms with Crippen molar-refractivity contribution in [2.75, 3.05) is 10.6 Å². The molecular formula is C14H15Cl2N3O2. The zero-order chi connectivity index (χ0) is 15.6. The average molecular weight is 328 g/mol. The maximum atomic E-state index is 11.9. The maximum Gasteiger partial charge on any atom is 0.324 e. The smallest absolute Gasteiger partial charge is 0.324 e. The lowest BCUT2D eigenvalue weighted by atomic mass is 9.93. The molecule has 2 amide bonds. The highest BCUT2D eigenvalue weighted by atomic mass is 35.5. The summed E-state index contributed by atoms with van der Waals surface area (Å²) in [4.78, 5) is 11.9. The predicted octanol–water partition coefficient (Wildman–Crippen LogP) is 4.92. The number of hydrogen-bond acceptors (Lipinski definition) is 3. The van der Waals surface area contributed by atoms with E-state index in [1.54, 1.807) is 24.3 Å². The summed E-state index contributed by atoms with van der Waals surface area (Å²) in [6.07, 6.45) is 0. The molecule has 0 fully saturated rings. The van der Waals surface area contributed by atoms with E-state index in [0.717, 1.165) is 0 Å². The maximum absolute atomic E-state index is 11.9. The molecule has 7 heteroatoms. The van der Waals surface area contributed by atoms with Crippen molar-refractivity contribution in [3.8, 4) is 0 Å². The van der Waals surface area contributed by atoms with Gasteiger partial charge in [-0.2, -0.15) is 0 Å². The topological polar surface area (TPSA) is 67.2 Å². The van der Waals surface area contributed by atoms with Crippen LogP contribution in [0.1, 0.15) is 26.5 Å². The minimum atomic E-state index is -0.479. The van der Waals surface area contributed by atoms with Crippen LogP contribution in [-0.4, -0.2) is 11.2 Å². The second-order valence-electron chi connectivity index (χ2n) is 5.53. The molecule has 0 aliphatic carbocycles. The van der Waals surface area contributed by atoms with Gasteiger partial charge in [-0.15, -0.1) is 0 Å². The number of nitrogens with one attached hydrogen (secondary N) is 2. The summed E-state index contributed by atoms with van der Waals surface area (Å²) < 4.78 is 5.18. The van der Waals surface area contributed by atoms with Crippen LogP contribution in [-0.2, 0) is 5.41 Å². The molecule has 0 bridgehead atoms. The van der Waals surface area contributed by atoms with Gasteiger partial charge in [-0.05, 0) is 18.2 Å². The number of nitrogens with zero attached hydrogens (tertiary/aromatic N) is 1. The molecule has 1 heterocycles. The van der Waals surface area contributed by atoms with Gasteiger partial charge in [0.15, 0.2) is 5.82 Å². The minimum Gasteiger partial charge on any atom is -0.359 e. The lowest BCUT2D eigenvalue weighted by Crippen LogP contribution is -2.19. The van der Waals surface area contributed by atoms with E-state index in [4.69, 9.17) is 27.7 Å². The highest BCUT2D eigenvalue weighted by molar-refractivity contribution is 6.35. The van der Waals surface area contributed by atoms with E-state index in [2.05, 4.69) is 15.8 Å². The molecule has 2 aromatic rings. The minimum absolute atomic E-state index is 0.181. The molecule has 0 spiro atoms. The first-order chi connectivity index (χ1) is 9.75. The van der Waals surface area contributed by atoms with Crippen LogP contribution in [0, 0.1) is 0 Å². The van der Waals surface area contributed by atoms with Crippen LogP contribution in [0.25, 0.3) is 0 Å². The van der Waals surface area contributed by atoms with Crippen LogP contribution in [0.5, 0.6) is 0 Å². The van der Waals surface area contributed by atoms with E-state index in [1.165, 1.54) is 0 Å². The SMILES string of the molecule is CC(C)(C)c1cc(NC(=O)Nc2cc(Cl)ccc2Cl)no1. The second kappa shape index (κ2) is 5.95. The number of amides is 2. The van der Waals surface area contributed by atoms with Gasteiger partial charge < -0.3 is 9.84 Å². The third kappa shape index (κ3) is 4.12. The summed E-state index contributed by atoms with van der Waals surface area (Å²) in [5.74, 6) is 1.01. The highest BCUT2D eigenvalue weighted by Gasteiger charge is 2.20. The Morgan fingerprint density at radius 3 is 2.52 bits per heavy atom. The van der Waals surface area contributed by atoms with Crippen LogP contribution < -0.4 is 10.6 Å². The number of carbonyl (C=O) groups is 1. The van der Waals surface area contributed by atoms with Crippen LogP contribution in [0.4, 0.5) is 16.3 Å². The Morgan fingerprint density at radius 1 is 1.19 bits per heavy atom. The largest absolute Gasteiger partial charge is 0.359 e. The molecule has 0 atom stereocenters. The number of anilines is 2. The van der Waals surface area contributed by atoms with Gasteiger partial charge in [-0.25, -0.2) is 4.79 Å². The molecular weight excluding hydrogens is 313 g/mol. The molecule has 0 unspecified atom stereocenters. The van der Waals surface area contributed by atoms with Gasteiger partial charge >= 0.3 is 6.03 Å². The predicted molar refractivity (Wildman–Crippen MR) is 84.3 cm³/mol. The van der Waals surface area contributed by atoms with Gasteiger partial charge in [0, 0.05) is 16.5 Å². The quantitative estimate of drug-likeness (QED) is 0.822. The van der Waals surface area contributed by atoms with E-state index in [-0.39, 0.29) is 5.41 Å². The molecule has 1 aromatic carbocycles. The van der Waals surface area contributed by atoms with Gasteiger partial charge in [0.2, 0.25) is 0 Å². The number of aromatic nitrogens is 1. The summed E-state index contributed by atoms with van der Waals surface area (Å²) in [6, 6.07) is 6.01. The van der Waals surface area contributed by atoms with Crippen molar-refractivity contribution in [1.29, 1.82) is 0 Å². The van der Waals surface area contributed by atoms with Crippen LogP contribution in [0.2, 0.25) is 10.0 Å². The van der Waals surface area contributed by atoms with E-state index in [9.17, 15) is 4.79 Å². The van der Waals surface area contributed by atoms with Crippen LogP contribution in [0.15, 0.2) is 28.8 Å². The van der Waals surface area contributed by atoms with Crippen molar-refractivity contribution < 1.29 is 9.32 Å². The fourth-order valence-electron chi connectivity index (χ4n) is 1.55. The molecule has 2 rings (SSSR count). The van der Waals surface area contributed by atoms with Gasteiger partial charge in [0.25, 0.3) is 0 Å². The van der Waals surface area contributed by atoms with Crippen LogP contribution in [0.3, 0.4) is 0 Å². The normalized spacial score (nSPS) is 11.3. The van der Waals surface area contributed by atoms with Crippen molar-refractivity contribution >= 4 is 40.7 Å². The number of urea groups is 1. The van der Waals surface area contributed by atoms with Crippen LogP contribution >= 0.6 is 23.2 Å². The van der Waals surface area contributed by atoms with Gasteiger partial charge in [0.1, 0.15) is 5.76 Å². The second-order valence-corrected chi connectivity index (χ2v) is 6.37.